The number of hydrogen-bond donors (Lipinski definition) is 2. The maximum atomic E-state index is 11.5. The maximum Gasteiger partial charge on any atom is 0.229 e. The number of sulfonamides is 1. The first kappa shape index (κ1) is 21.3. The monoisotopic (exact) mass is 428 g/mol. The lowest BCUT2D eigenvalue weighted by molar-refractivity contribution is 0.476. The summed E-state index contributed by atoms with van der Waals surface area (Å²) in [6, 6.07) is 12.7. The highest BCUT2D eigenvalue weighted by Crippen LogP contribution is 2.23. The number of nitrogens with zero attached hydrogens (tertiary/aromatic N) is 2. The van der Waals surface area contributed by atoms with Crippen molar-refractivity contribution in [1.29, 1.82) is 0 Å². The summed E-state index contributed by atoms with van der Waals surface area (Å²) < 4.78 is 25.6. The van der Waals surface area contributed by atoms with E-state index in [1.165, 1.54) is 0 Å². The number of para-hydroxylation sites is 1. The van der Waals surface area contributed by atoms with Crippen molar-refractivity contribution in [2.45, 2.75) is 13.1 Å². The van der Waals surface area contributed by atoms with Crippen LogP contribution in [0.25, 0.3) is 0 Å². The SMILES string of the molecule is CN=C(NCc1ccccc1NS(C)(=O)=O)N(C)Cc1ccc(Cl)c(Cl)c1. The molecule has 0 aromatic heterocycles. The van der Waals surface area contributed by atoms with Gasteiger partial charge in [-0.1, -0.05) is 47.5 Å². The minimum atomic E-state index is -3.35. The first-order chi connectivity index (χ1) is 12.7. The third-order valence-corrected chi connectivity index (χ3v) is 5.06. The zero-order valence-electron chi connectivity index (χ0n) is 15.3. The second kappa shape index (κ2) is 9.30. The molecule has 0 fully saturated rings. The molecule has 0 radical (unpaired) electrons. The van der Waals surface area contributed by atoms with Crippen LogP contribution in [0.1, 0.15) is 11.1 Å². The number of halogens is 2. The summed E-state index contributed by atoms with van der Waals surface area (Å²) >= 11 is 12.0. The van der Waals surface area contributed by atoms with E-state index in [0.717, 1.165) is 17.4 Å². The average Bonchev–Trinajstić information content (AvgIpc) is 2.59. The number of hydrogen-bond acceptors (Lipinski definition) is 3. The molecule has 2 aromatic rings. The quantitative estimate of drug-likeness (QED) is 0.544. The highest BCUT2D eigenvalue weighted by atomic mass is 35.5. The van der Waals surface area contributed by atoms with E-state index < -0.39 is 10.0 Å². The molecule has 6 nitrogen and oxygen atoms in total. The molecule has 0 aliphatic rings. The molecule has 27 heavy (non-hydrogen) atoms. The number of anilines is 1. The van der Waals surface area contributed by atoms with Gasteiger partial charge in [0.2, 0.25) is 10.0 Å². The van der Waals surface area contributed by atoms with Gasteiger partial charge in [-0.25, -0.2) is 8.42 Å². The van der Waals surface area contributed by atoms with E-state index in [2.05, 4.69) is 15.0 Å². The van der Waals surface area contributed by atoms with Crippen LogP contribution in [0, 0.1) is 0 Å². The molecule has 0 saturated heterocycles. The van der Waals surface area contributed by atoms with Crippen LogP contribution in [0.3, 0.4) is 0 Å². The third-order valence-electron chi connectivity index (χ3n) is 3.73. The topological polar surface area (TPSA) is 73.8 Å². The molecular weight excluding hydrogens is 407 g/mol. The van der Waals surface area contributed by atoms with Gasteiger partial charge in [0, 0.05) is 27.2 Å². The smallest absolute Gasteiger partial charge is 0.229 e. The lowest BCUT2D eigenvalue weighted by Gasteiger charge is -2.23. The fraction of sp³-hybridized carbons (Fsp3) is 0.278. The summed E-state index contributed by atoms with van der Waals surface area (Å²) in [5.41, 5.74) is 2.34. The van der Waals surface area contributed by atoms with Crippen LogP contribution in [0.2, 0.25) is 10.0 Å². The van der Waals surface area contributed by atoms with Crippen molar-refractivity contribution < 1.29 is 8.42 Å². The van der Waals surface area contributed by atoms with Crippen molar-refractivity contribution in [3.05, 3.63) is 63.6 Å². The Kier molecular flexibility index (Phi) is 7.35. The van der Waals surface area contributed by atoms with Gasteiger partial charge in [-0.15, -0.1) is 0 Å². The molecule has 0 spiro atoms. The predicted molar refractivity (Wildman–Crippen MR) is 113 cm³/mol. The first-order valence-corrected chi connectivity index (χ1v) is 10.8. The Hall–Kier alpha value is -1.96. The molecule has 0 amide bonds. The molecule has 0 atom stereocenters. The highest BCUT2D eigenvalue weighted by Gasteiger charge is 2.11. The van der Waals surface area contributed by atoms with Crippen molar-refractivity contribution >= 4 is 44.9 Å². The molecule has 9 heteroatoms. The van der Waals surface area contributed by atoms with Crippen LogP contribution in [-0.4, -0.2) is 39.6 Å². The number of guanidine groups is 1. The van der Waals surface area contributed by atoms with Crippen LogP contribution < -0.4 is 10.0 Å². The van der Waals surface area contributed by atoms with E-state index in [4.69, 9.17) is 23.2 Å². The van der Waals surface area contributed by atoms with E-state index in [0.29, 0.717) is 34.8 Å². The summed E-state index contributed by atoms with van der Waals surface area (Å²) in [7, 11) is 0.240. The predicted octanol–water partition coefficient (Wildman–Crippen LogP) is 3.57. The highest BCUT2D eigenvalue weighted by molar-refractivity contribution is 7.92. The van der Waals surface area contributed by atoms with Gasteiger partial charge in [-0.2, -0.15) is 0 Å². The van der Waals surface area contributed by atoms with Gasteiger partial charge in [0.25, 0.3) is 0 Å². The zero-order chi connectivity index (χ0) is 20.0. The van der Waals surface area contributed by atoms with E-state index in [-0.39, 0.29) is 0 Å². The Morgan fingerprint density at radius 3 is 2.48 bits per heavy atom. The molecule has 0 unspecified atom stereocenters. The van der Waals surface area contributed by atoms with Gasteiger partial charge in [-0.3, -0.25) is 9.71 Å². The van der Waals surface area contributed by atoms with Crippen LogP contribution >= 0.6 is 23.2 Å². The summed E-state index contributed by atoms with van der Waals surface area (Å²) in [6.45, 7) is 0.997. The molecule has 2 rings (SSSR count). The Morgan fingerprint density at radius 1 is 1.15 bits per heavy atom. The minimum absolute atomic E-state index is 0.414. The van der Waals surface area contributed by atoms with Crippen molar-refractivity contribution in [1.82, 2.24) is 10.2 Å². The standard InChI is InChI=1S/C18H22Cl2N4O2S/c1-21-18(24(2)12-13-8-9-15(19)16(20)10-13)22-11-14-6-4-5-7-17(14)23-27(3,25)26/h4-10,23H,11-12H2,1-3H3,(H,21,22). The van der Waals surface area contributed by atoms with E-state index in [9.17, 15) is 8.42 Å². The Balaban J connectivity index is 2.06. The first-order valence-electron chi connectivity index (χ1n) is 8.11. The summed E-state index contributed by atoms with van der Waals surface area (Å²) in [4.78, 5) is 6.21. The number of rotatable bonds is 6. The van der Waals surface area contributed by atoms with E-state index >= 15 is 0 Å². The molecule has 2 aromatic carbocycles. The van der Waals surface area contributed by atoms with Gasteiger partial charge in [0.05, 0.1) is 22.0 Å². The van der Waals surface area contributed by atoms with Crippen molar-refractivity contribution in [2.75, 3.05) is 25.1 Å². The number of aliphatic imine (C=N–C) groups is 1. The molecular formula is C18H22Cl2N4O2S. The van der Waals surface area contributed by atoms with E-state index in [1.54, 1.807) is 25.2 Å². The molecule has 0 aliphatic heterocycles. The van der Waals surface area contributed by atoms with Gasteiger partial charge in [-0.05, 0) is 29.3 Å². The minimum Gasteiger partial charge on any atom is -0.352 e. The molecule has 0 saturated carbocycles. The number of nitrogens with one attached hydrogen (secondary N) is 2. The summed E-state index contributed by atoms with van der Waals surface area (Å²) in [6.07, 6.45) is 1.13. The van der Waals surface area contributed by atoms with E-state index in [1.807, 2.05) is 36.2 Å². The van der Waals surface area contributed by atoms with Gasteiger partial charge >= 0.3 is 0 Å². The normalized spacial score (nSPS) is 12.0. The van der Waals surface area contributed by atoms with Crippen LogP contribution in [-0.2, 0) is 23.1 Å². The summed E-state index contributed by atoms with van der Waals surface area (Å²) in [5, 5.41) is 4.26. The largest absolute Gasteiger partial charge is 0.352 e. The third kappa shape index (κ3) is 6.61. The van der Waals surface area contributed by atoms with Crippen LogP contribution in [0.4, 0.5) is 5.69 Å². The summed E-state index contributed by atoms with van der Waals surface area (Å²) in [5.74, 6) is 0.662. The van der Waals surface area contributed by atoms with Crippen molar-refractivity contribution in [3.8, 4) is 0 Å². The van der Waals surface area contributed by atoms with Gasteiger partial charge < -0.3 is 10.2 Å². The van der Waals surface area contributed by atoms with Crippen molar-refractivity contribution in [3.63, 3.8) is 0 Å². The van der Waals surface area contributed by atoms with Gasteiger partial charge in [0.15, 0.2) is 5.96 Å². The molecule has 2 N–H and O–H groups in total. The average molecular weight is 429 g/mol. The lowest BCUT2D eigenvalue weighted by Crippen LogP contribution is -2.38. The maximum absolute atomic E-state index is 11.5. The zero-order valence-corrected chi connectivity index (χ0v) is 17.7. The van der Waals surface area contributed by atoms with Crippen LogP contribution in [0.5, 0.6) is 0 Å². The second-order valence-corrected chi connectivity index (χ2v) is 8.60. The molecule has 0 aliphatic carbocycles. The molecule has 0 bridgehead atoms. The van der Waals surface area contributed by atoms with Gasteiger partial charge in [0.1, 0.15) is 0 Å². The molecule has 0 heterocycles. The fourth-order valence-electron chi connectivity index (χ4n) is 2.52. The number of benzene rings is 2. The lowest BCUT2D eigenvalue weighted by atomic mass is 10.2. The van der Waals surface area contributed by atoms with Crippen LogP contribution in [0.15, 0.2) is 47.5 Å². The second-order valence-electron chi connectivity index (χ2n) is 6.04. The Labute approximate surface area is 170 Å². The van der Waals surface area contributed by atoms with Crippen molar-refractivity contribution in [2.24, 2.45) is 4.99 Å². The fourth-order valence-corrected chi connectivity index (χ4v) is 3.44. The molecule has 146 valence electrons. The Morgan fingerprint density at radius 2 is 1.85 bits per heavy atom. The Bertz CT molecular complexity index is 933.